The lowest BCUT2D eigenvalue weighted by Gasteiger charge is -2.46. The average molecular weight is 871 g/mol. The Morgan fingerprint density at radius 2 is 0.985 bits per heavy atom. The van der Waals surface area contributed by atoms with Crippen LogP contribution >= 0.6 is 11.8 Å². The summed E-state index contributed by atoms with van der Waals surface area (Å²) in [5.41, 5.74) is 15.7. The van der Waals surface area contributed by atoms with Crippen LogP contribution < -0.4 is 4.90 Å². The molecule has 13 aromatic rings. The Bertz CT molecular complexity index is 4220. The predicted molar refractivity (Wildman–Crippen MR) is 279 cm³/mol. The third-order valence-corrected chi connectivity index (χ3v) is 15.8. The van der Waals surface area contributed by atoms with Crippen LogP contribution in [0.2, 0.25) is 0 Å². The maximum atomic E-state index is 6.44. The second kappa shape index (κ2) is 13.9. The highest BCUT2D eigenvalue weighted by Crippen LogP contribution is 2.62. The van der Waals surface area contributed by atoms with E-state index in [0.29, 0.717) is 0 Å². The van der Waals surface area contributed by atoms with Crippen LogP contribution in [0.5, 0.6) is 0 Å². The van der Waals surface area contributed by atoms with Crippen molar-refractivity contribution in [3.63, 3.8) is 0 Å². The van der Waals surface area contributed by atoms with E-state index in [-0.39, 0.29) is 0 Å². The van der Waals surface area contributed by atoms with Gasteiger partial charge in [0.2, 0.25) is 0 Å². The molecule has 0 bridgehead atoms. The smallest absolute Gasteiger partial charge is 0.135 e. The first kappa shape index (κ1) is 37.0. The number of anilines is 3. The lowest BCUT2D eigenvalue weighted by molar-refractivity contribution is 0.669. The molecule has 2 aromatic heterocycles. The molecule has 1 aliphatic heterocycles. The van der Waals surface area contributed by atoms with E-state index in [1.54, 1.807) is 0 Å². The van der Waals surface area contributed by atoms with Crippen LogP contribution in [0.25, 0.3) is 82.1 Å². The Labute approximate surface area is 390 Å². The molecular formula is C63H38N2OS. The number of hydrogen-bond acceptors (Lipinski definition) is 3. The molecule has 1 spiro atoms. The normalized spacial score (nSPS) is 14.9. The van der Waals surface area contributed by atoms with Crippen molar-refractivity contribution in [3.05, 3.63) is 253 Å². The summed E-state index contributed by atoms with van der Waals surface area (Å²) in [5, 5.41) is 9.65. The molecule has 312 valence electrons. The van der Waals surface area contributed by atoms with Crippen molar-refractivity contribution in [2.24, 2.45) is 0 Å². The van der Waals surface area contributed by atoms with Gasteiger partial charge in [0.1, 0.15) is 11.2 Å². The zero-order valence-electron chi connectivity index (χ0n) is 36.2. The molecule has 67 heavy (non-hydrogen) atoms. The molecule has 0 saturated carbocycles. The van der Waals surface area contributed by atoms with E-state index in [4.69, 9.17) is 4.42 Å². The van der Waals surface area contributed by atoms with Gasteiger partial charge in [-0.25, -0.2) is 0 Å². The maximum Gasteiger partial charge on any atom is 0.135 e. The summed E-state index contributed by atoms with van der Waals surface area (Å²) in [4.78, 5) is 5.01. The monoisotopic (exact) mass is 870 g/mol. The average Bonchev–Trinajstić information content (AvgIpc) is 3.93. The molecule has 0 amide bonds. The van der Waals surface area contributed by atoms with Gasteiger partial charge in [0.05, 0.1) is 22.1 Å². The highest BCUT2D eigenvalue weighted by atomic mass is 32.2. The Hall–Kier alpha value is -8.31. The zero-order chi connectivity index (χ0) is 43.8. The highest BCUT2D eigenvalue weighted by molar-refractivity contribution is 7.99. The fourth-order valence-corrected chi connectivity index (χ4v) is 13.1. The summed E-state index contributed by atoms with van der Waals surface area (Å²) in [6.45, 7) is 0. The number of aromatic nitrogens is 1. The quantitative estimate of drug-likeness (QED) is 0.176. The van der Waals surface area contributed by atoms with Crippen LogP contribution in [0.15, 0.2) is 245 Å². The van der Waals surface area contributed by atoms with Crippen LogP contribution in [-0.4, -0.2) is 4.57 Å². The first-order valence-corrected chi connectivity index (χ1v) is 23.8. The minimum absolute atomic E-state index is 0.585. The summed E-state index contributed by atoms with van der Waals surface area (Å²) in [5.74, 6) is 0. The third-order valence-electron chi connectivity index (χ3n) is 14.6. The summed E-state index contributed by atoms with van der Waals surface area (Å²) in [6, 6.07) is 85.4. The van der Waals surface area contributed by atoms with Crippen LogP contribution in [-0.2, 0) is 5.41 Å². The van der Waals surface area contributed by atoms with Gasteiger partial charge in [0, 0.05) is 53.8 Å². The highest BCUT2D eigenvalue weighted by Gasteiger charge is 2.48. The number of para-hydroxylation sites is 2. The van der Waals surface area contributed by atoms with E-state index in [1.807, 2.05) is 17.8 Å². The minimum atomic E-state index is -0.585. The molecule has 1 aliphatic carbocycles. The SMILES string of the molecule is c1ccc2c(c1)Sc1ccc(N(c3ccc4oc5ccccc5c4c3)c3ccc4c5ccccc5n(-c5cccc6ccccc56)c4c3)cc1C21c2ccccc2-c2cccc3cccc1c23. The fourth-order valence-electron chi connectivity index (χ4n) is 11.9. The van der Waals surface area contributed by atoms with E-state index in [2.05, 4.69) is 234 Å². The molecule has 0 radical (unpaired) electrons. The van der Waals surface area contributed by atoms with Crippen LogP contribution in [0.3, 0.4) is 0 Å². The fraction of sp³-hybridized carbons (Fsp3) is 0.0159. The minimum Gasteiger partial charge on any atom is -0.456 e. The van der Waals surface area contributed by atoms with Crippen molar-refractivity contribution in [1.29, 1.82) is 0 Å². The Kier molecular flexibility index (Phi) is 7.64. The van der Waals surface area contributed by atoms with Gasteiger partial charge in [-0.3, -0.25) is 0 Å². The molecule has 2 aliphatic rings. The Balaban J connectivity index is 1.04. The van der Waals surface area contributed by atoms with Crippen molar-refractivity contribution in [3.8, 4) is 16.8 Å². The molecule has 1 unspecified atom stereocenters. The summed E-state index contributed by atoms with van der Waals surface area (Å²) in [6.07, 6.45) is 0. The van der Waals surface area contributed by atoms with Crippen molar-refractivity contribution in [1.82, 2.24) is 4.57 Å². The zero-order valence-corrected chi connectivity index (χ0v) is 37.0. The number of fused-ring (bicyclic) bond motifs is 15. The lowest BCUT2D eigenvalue weighted by atomic mass is 9.59. The number of hydrogen-bond donors (Lipinski definition) is 0. The van der Waals surface area contributed by atoms with Crippen molar-refractivity contribution in [2.75, 3.05) is 4.90 Å². The van der Waals surface area contributed by atoms with E-state index in [1.165, 1.54) is 81.0 Å². The standard InChI is InChI=1S/C63H38N2OS/c1-2-18-44-39(14-1)15-13-27-55(44)65-56-26-8-4-20-46(56)47-33-30-43(38-57(47)65)64(41-31-34-59-50(36-41)48-21-5-9-28-58(48)66-59)42-32-35-61-54(37-42)63(52-24-7-10-29-60(52)67-61)51-23-6-3-19-45(51)49-22-11-16-40-17-12-25-53(63)62(40)49/h1-38H. The molecule has 15 rings (SSSR count). The second-order valence-electron chi connectivity index (χ2n) is 17.9. The summed E-state index contributed by atoms with van der Waals surface area (Å²) in [7, 11) is 0. The molecular weight excluding hydrogens is 833 g/mol. The lowest BCUT2D eigenvalue weighted by Crippen LogP contribution is -2.36. The number of rotatable bonds is 4. The van der Waals surface area contributed by atoms with E-state index >= 15 is 0 Å². The predicted octanol–water partition coefficient (Wildman–Crippen LogP) is 17.3. The topological polar surface area (TPSA) is 21.3 Å². The largest absolute Gasteiger partial charge is 0.456 e. The first-order valence-electron chi connectivity index (χ1n) is 23.0. The van der Waals surface area contributed by atoms with Gasteiger partial charge < -0.3 is 13.9 Å². The van der Waals surface area contributed by atoms with E-state index in [0.717, 1.165) is 50.2 Å². The number of furan rings is 1. The second-order valence-corrected chi connectivity index (χ2v) is 19.0. The van der Waals surface area contributed by atoms with Crippen LogP contribution in [0.4, 0.5) is 17.1 Å². The summed E-state index contributed by atoms with van der Waals surface area (Å²) >= 11 is 1.88. The Morgan fingerprint density at radius 3 is 1.93 bits per heavy atom. The maximum absolute atomic E-state index is 6.44. The number of benzene rings is 11. The molecule has 1 atom stereocenters. The van der Waals surface area contributed by atoms with E-state index < -0.39 is 5.41 Å². The molecule has 11 aromatic carbocycles. The van der Waals surface area contributed by atoms with Gasteiger partial charge >= 0.3 is 0 Å². The first-order chi connectivity index (χ1) is 33.2. The van der Waals surface area contributed by atoms with Crippen LogP contribution in [0.1, 0.15) is 22.3 Å². The van der Waals surface area contributed by atoms with Crippen molar-refractivity contribution >= 4 is 94.1 Å². The third kappa shape index (κ3) is 5.08. The molecule has 4 heteroatoms. The van der Waals surface area contributed by atoms with Gasteiger partial charge in [0.25, 0.3) is 0 Å². The summed E-state index contributed by atoms with van der Waals surface area (Å²) < 4.78 is 8.90. The van der Waals surface area contributed by atoms with Crippen LogP contribution in [0, 0.1) is 0 Å². The molecule has 0 fully saturated rings. The van der Waals surface area contributed by atoms with Gasteiger partial charge in [-0.2, -0.15) is 0 Å². The van der Waals surface area contributed by atoms with Gasteiger partial charge in [-0.15, -0.1) is 0 Å². The Morgan fingerprint density at radius 1 is 0.373 bits per heavy atom. The van der Waals surface area contributed by atoms with Gasteiger partial charge in [-0.05, 0) is 122 Å². The molecule has 3 heterocycles. The van der Waals surface area contributed by atoms with Gasteiger partial charge in [0.15, 0.2) is 0 Å². The van der Waals surface area contributed by atoms with Gasteiger partial charge in [-0.1, -0.05) is 169 Å². The molecule has 0 N–H and O–H groups in total. The van der Waals surface area contributed by atoms with Crippen molar-refractivity contribution in [2.45, 2.75) is 15.2 Å². The molecule has 0 saturated heterocycles. The van der Waals surface area contributed by atoms with Crippen molar-refractivity contribution < 1.29 is 4.42 Å². The van der Waals surface area contributed by atoms with E-state index in [9.17, 15) is 0 Å². The molecule has 3 nitrogen and oxygen atoms in total. The number of nitrogens with zero attached hydrogens (tertiary/aromatic N) is 2.